The lowest BCUT2D eigenvalue weighted by molar-refractivity contribution is 0.442. The molecule has 0 radical (unpaired) electrons. The Hall–Kier alpha value is -0.900. The topological polar surface area (TPSA) is 42.7 Å². The number of nitrogens with zero attached hydrogens (tertiary/aromatic N) is 3. The third-order valence-corrected chi connectivity index (χ3v) is 2.46. The molecule has 13 heavy (non-hydrogen) atoms. The summed E-state index contributed by atoms with van der Waals surface area (Å²) in [6.45, 7) is 3.26. The molecule has 4 heteroatoms. The van der Waals surface area contributed by atoms with Gasteiger partial charge in [-0.05, 0) is 32.7 Å². The first-order valence-electron chi connectivity index (χ1n) is 4.94. The number of hydrogen-bond acceptors (Lipinski definition) is 3. The van der Waals surface area contributed by atoms with Crippen LogP contribution < -0.4 is 5.32 Å². The van der Waals surface area contributed by atoms with Gasteiger partial charge in [0.05, 0.1) is 6.04 Å². The van der Waals surface area contributed by atoms with Gasteiger partial charge in [-0.15, -0.1) is 0 Å². The van der Waals surface area contributed by atoms with E-state index in [1.165, 1.54) is 12.8 Å². The third kappa shape index (κ3) is 2.52. The first-order chi connectivity index (χ1) is 6.36. The van der Waals surface area contributed by atoms with Crippen LogP contribution in [-0.2, 0) is 0 Å². The van der Waals surface area contributed by atoms with Crippen molar-refractivity contribution >= 4 is 0 Å². The third-order valence-electron chi connectivity index (χ3n) is 2.46. The van der Waals surface area contributed by atoms with Crippen molar-refractivity contribution in [3.63, 3.8) is 0 Å². The lowest BCUT2D eigenvalue weighted by atomic mass is 10.2. The van der Waals surface area contributed by atoms with Gasteiger partial charge in [0.15, 0.2) is 0 Å². The second-order valence-electron chi connectivity index (χ2n) is 3.74. The van der Waals surface area contributed by atoms with Crippen LogP contribution in [0, 0.1) is 0 Å². The number of aromatic nitrogens is 3. The molecule has 1 fully saturated rings. The molecule has 1 aliphatic carbocycles. The molecule has 1 saturated carbocycles. The molecule has 2 rings (SSSR count). The molecule has 1 N–H and O–H groups in total. The van der Waals surface area contributed by atoms with E-state index in [-0.39, 0.29) is 0 Å². The van der Waals surface area contributed by atoms with Crippen LogP contribution in [0.25, 0.3) is 0 Å². The highest BCUT2D eigenvalue weighted by Crippen LogP contribution is 2.19. The molecule has 1 aromatic heterocycles. The Kier molecular flexibility index (Phi) is 2.59. The van der Waals surface area contributed by atoms with Crippen LogP contribution in [-0.4, -0.2) is 27.4 Å². The minimum atomic E-state index is 0.453. The van der Waals surface area contributed by atoms with Gasteiger partial charge >= 0.3 is 0 Å². The molecule has 1 aromatic rings. The summed E-state index contributed by atoms with van der Waals surface area (Å²) in [5.41, 5.74) is 0. The molecule has 0 amide bonds. The Morgan fingerprint density at radius 2 is 2.46 bits per heavy atom. The maximum Gasteiger partial charge on any atom is 0.137 e. The number of nitrogens with one attached hydrogen (secondary N) is 1. The average molecular weight is 180 g/mol. The van der Waals surface area contributed by atoms with Gasteiger partial charge in [0, 0.05) is 6.04 Å². The Morgan fingerprint density at radius 1 is 1.62 bits per heavy atom. The summed E-state index contributed by atoms with van der Waals surface area (Å²) >= 11 is 0. The molecule has 1 aliphatic rings. The van der Waals surface area contributed by atoms with Gasteiger partial charge in [-0.3, -0.25) is 4.68 Å². The van der Waals surface area contributed by atoms with Crippen LogP contribution in [0.15, 0.2) is 12.7 Å². The lowest BCUT2D eigenvalue weighted by Crippen LogP contribution is -2.20. The summed E-state index contributed by atoms with van der Waals surface area (Å²) in [7, 11) is 0. The molecule has 0 aliphatic heterocycles. The highest BCUT2D eigenvalue weighted by atomic mass is 15.3. The summed E-state index contributed by atoms with van der Waals surface area (Å²) in [6.07, 6.45) is 7.21. The minimum absolute atomic E-state index is 0.453. The second kappa shape index (κ2) is 3.87. The second-order valence-corrected chi connectivity index (χ2v) is 3.74. The quantitative estimate of drug-likeness (QED) is 0.734. The number of rotatable bonds is 5. The van der Waals surface area contributed by atoms with E-state index >= 15 is 0 Å². The SMILES string of the molecule is CC(CCNC1CC1)n1cncn1. The van der Waals surface area contributed by atoms with E-state index < -0.39 is 0 Å². The highest BCUT2D eigenvalue weighted by molar-refractivity contribution is 4.81. The van der Waals surface area contributed by atoms with Gasteiger partial charge in [0.2, 0.25) is 0 Å². The van der Waals surface area contributed by atoms with Crippen LogP contribution >= 0.6 is 0 Å². The van der Waals surface area contributed by atoms with Gasteiger partial charge in [0.25, 0.3) is 0 Å². The minimum Gasteiger partial charge on any atom is -0.314 e. The highest BCUT2D eigenvalue weighted by Gasteiger charge is 2.20. The summed E-state index contributed by atoms with van der Waals surface area (Å²) in [4.78, 5) is 3.93. The zero-order chi connectivity index (χ0) is 9.10. The van der Waals surface area contributed by atoms with Crippen molar-refractivity contribution in [3.05, 3.63) is 12.7 Å². The van der Waals surface area contributed by atoms with Crippen molar-refractivity contribution in [2.45, 2.75) is 38.3 Å². The van der Waals surface area contributed by atoms with Crippen molar-refractivity contribution in [1.82, 2.24) is 20.1 Å². The van der Waals surface area contributed by atoms with E-state index in [1.54, 1.807) is 12.7 Å². The molecule has 4 nitrogen and oxygen atoms in total. The molecule has 0 spiro atoms. The van der Waals surface area contributed by atoms with Gasteiger partial charge < -0.3 is 5.32 Å². The maximum absolute atomic E-state index is 4.11. The molecule has 0 aromatic carbocycles. The van der Waals surface area contributed by atoms with E-state index in [4.69, 9.17) is 0 Å². The van der Waals surface area contributed by atoms with Gasteiger partial charge in [-0.1, -0.05) is 0 Å². The smallest absolute Gasteiger partial charge is 0.137 e. The van der Waals surface area contributed by atoms with E-state index in [2.05, 4.69) is 22.3 Å². The van der Waals surface area contributed by atoms with Gasteiger partial charge in [0.1, 0.15) is 12.7 Å². The van der Waals surface area contributed by atoms with E-state index in [0.29, 0.717) is 6.04 Å². The standard InChI is InChI=1S/C9H16N4/c1-8(13-7-10-6-12-13)4-5-11-9-2-3-9/h6-9,11H,2-5H2,1H3. The van der Waals surface area contributed by atoms with Crippen LogP contribution in [0.2, 0.25) is 0 Å². The maximum atomic E-state index is 4.11. The van der Waals surface area contributed by atoms with Crippen LogP contribution in [0.5, 0.6) is 0 Å². The van der Waals surface area contributed by atoms with Gasteiger partial charge in [-0.25, -0.2) is 4.98 Å². The molecule has 1 unspecified atom stereocenters. The molecule has 72 valence electrons. The Balaban J connectivity index is 1.68. The largest absolute Gasteiger partial charge is 0.314 e. The zero-order valence-electron chi connectivity index (χ0n) is 7.98. The van der Waals surface area contributed by atoms with E-state index in [0.717, 1.165) is 19.0 Å². The van der Waals surface area contributed by atoms with E-state index in [9.17, 15) is 0 Å². The average Bonchev–Trinajstić information content (AvgIpc) is 2.80. The molecule has 0 saturated heterocycles. The zero-order valence-corrected chi connectivity index (χ0v) is 7.98. The molecule has 1 atom stereocenters. The fourth-order valence-electron chi connectivity index (χ4n) is 1.36. The molecular weight excluding hydrogens is 164 g/mol. The van der Waals surface area contributed by atoms with Crippen molar-refractivity contribution < 1.29 is 0 Å². The fourth-order valence-corrected chi connectivity index (χ4v) is 1.36. The van der Waals surface area contributed by atoms with Crippen molar-refractivity contribution in [2.75, 3.05) is 6.54 Å². The summed E-state index contributed by atoms with van der Waals surface area (Å²) in [5, 5.41) is 7.60. The van der Waals surface area contributed by atoms with E-state index in [1.807, 2.05) is 4.68 Å². The summed E-state index contributed by atoms with van der Waals surface area (Å²) in [6, 6.07) is 1.26. The van der Waals surface area contributed by atoms with Crippen molar-refractivity contribution in [2.24, 2.45) is 0 Å². The number of hydrogen-bond donors (Lipinski definition) is 1. The fraction of sp³-hybridized carbons (Fsp3) is 0.778. The predicted molar refractivity (Wildman–Crippen MR) is 50.4 cm³/mol. The van der Waals surface area contributed by atoms with Crippen LogP contribution in [0.1, 0.15) is 32.2 Å². The summed E-state index contributed by atoms with van der Waals surface area (Å²) < 4.78 is 1.91. The van der Waals surface area contributed by atoms with Crippen molar-refractivity contribution in [3.8, 4) is 0 Å². The predicted octanol–water partition coefficient (Wildman–Crippen LogP) is 0.981. The van der Waals surface area contributed by atoms with Crippen molar-refractivity contribution in [1.29, 1.82) is 0 Å². The summed E-state index contributed by atoms with van der Waals surface area (Å²) in [5.74, 6) is 0. The Morgan fingerprint density at radius 3 is 3.08 bits per heavy atom. The monoisotopic (exact) mass is 180 g/mol. The first kappa shape index (κ1) is 8.69. The van der Waals surface area contributed by atoms with Gasteiger partial charge in [-0.2, -0.15) is 5.10 Å². The first-order valence-corrected chi connectivity index (χ1v) is 4.94. The Labute approximate surface area is 78.4 Å². The van der Waals surface area contributed by atoms with Crippen LogP contribution in [0.3, 0.4) is 0 Å². The van der Waals surface area contributed by atoms with Crippen LogP contribution in [0.4, 0.5) is 0 Å². The molecule has 1 heterocycles. The molecule has 0 bridgehead atoms. The normalized spacial score (nSPS) is 18.8. The Bertz CT molecular complexity index is 240. The molecular formula is C9H16N4. The lowest BCUT2D eigenvalue weighted by Gasteiger charge is -2.11.